The summed E-state index contributed by atoms with van der Waals surface area (Å²) in [5.41, 5.74) is 1.70. The molecule has 0 amide bonds. The molecule has 1 atom stereocenters. The lowest BCUT2D eigenvalue weighted by Crippen LogP contribution is -2.15. The molecule has 0 aliphatic carbocycles. The fraction of sp³-hybridized carbons (Fsp3) is 0.438. The van der Waals surface area contributed by atoms with Crippen molar-refractivity contribution in [3.05, 3.63) is 35.4 Å². The number of hydrogen-bond acceptors (Lipinski definition) is 4. The molecule has 0 heterocycles. The van der Waals surface area contributed by atoms with Crippen LogP contribution in [0.4, 0.5) is 0 Å². The largest absolute Gasteiger partial charge is 0.493 e. The van der Waals surface area contributed by atoms with Crippen LogP contribution in [0.5, 0.6) is 11.5 Å². The fourth-order valence-corrected chi connectivity index (χ4v) is 2.12. The summed E-state index contributed by atoms with van der Waals surface area (Å²) in [6.07, 6.45) is 3.62. The highest BCUT2D eigenvalue weighted by Gasteiger charge is 2.25. The van der Waals surface area contributed by atoms with Crippen LogP contribution in [0.1, 0.15) is 30.9 Å². The van der Waals surface area contributed by atoms with Crippen molar-refractivity contribution < 1.29 is 19.0 Å². The minimum atomic E-state index is -0.496. The third kappa shape index (κ3) is 3.32. The van der Waals surface area contributed by atoms with Crippen LogP contribution in [0.3, 0.4) is 0 Å². The van der Waals surface area contributed by atoms with Gasteiger partial charge in [-0.3, -0.25) is 4.79 Å². The third-order valence-corrected chi connectivity index (χ3v) is 3.01. The smallest absolute Gasteiger partial charge is 0.317 e. The van der Waals surface area contributed by atoms with Gasteiger partial charge in [0.15, 0.2) is 11.5 Å². The fourth-order valence-electron chi connectivity index (χ4n) is 2.12. The molecule has 0 aromatic heterocycles. The first-order valence-electron chi connectivity index (χ1n) is 6.61. The number of rotatable bonds is 6. The van der Waals surface area contributed by atoms with Gasteiger partial charge in [0, 0.05) is 5.56 Å². The molecule has 0 spiro atoms. The Labute approximate surface area is 120 Å². The second kappa shape index (κ2) is 7.58. The van der Waals surface area contributed by atoms with Gasteiger partial charge in [-0.15, -0.1) is 0 Å². The van der Waals surface area contributed by atoms with Crippen molar-refractivity contribution >= 4 is 5.97 Å². The zero-order chi connectivity index (χ0) is 15.1. The zero-order valence-corrected chi connectivity index (χ0v) is 12.7. The molecule has 1 aromatic rings. The first-order chi connectivity index (χ1) is 9.60. The molecule has 110 valence electrons. The molecule has 0 saturated heterocycles. The molecule has 0 bridgehead atoms. The quantitative estimate of drug-likeness (QED) is 0.592. The van der Waals surface area contributed by atoms with Gasteiger partial charge in [-0.2, -0.15) is 0 Å². The number of benzene rings is 1. The minimum Gasteiger partial charge on any atom is -0.493 e. The number of hydrogen-bond donors (Lipinski definition) is 0. The molecule has 0 saturated carbocycles. The van der Waals surface area contributed by atoms with Crippen molar-refractivity contribution in [3.8, 4) is 11.5 Å². The standard InChI is InChI=1S/C16H22O4/c1-6-8-13(16(17)20-7-2)12-10-9-11(3)14(18-4)15(12)19-5/h6,8-10,13H,7H2,1-5H3/b8-6+/t13-/m0/s1. The molecule has 4 nitrogen and oxygen atoms in total. The van der Waals surface area contributed by atoms with E-state index in [-0.39, 0.29) is 5.97 Å². The van der Waals surface area contributed by atoms with Gasteiger partial charge in [-0.25, -0.2) is 0 Å². The van der Waals surface area contributed by atoms with E-state index < -0.39 is 5.92 Å². The number of esters is 1. The van der Waals surface area contributed by atoms with Gasteiger partial charge in [-0.05, 0) is 26.3 Å². The van der Waals surface area contributed by atoms with Crippen LogP contribution in [0, 0.1) is 6.92 Å². The average Bonchev–Trinajstić information content (AvgIpc) is 2.44. The maximum atomic E-state index is 12.1. The van der Waals surface area contributed by atoms with Crippen LogP contribution >= 0.6 is 0 Å². The molecule has 1 rings (SSSR count). The summed E-state index contributed by atoms with van der Waals surface area (Å²) in [6, 6.07) is 3.78. The SMILES string of the molecule is C/C=C/[C@H](C(=O)OCC)c1ccc(C)c(OC)c1OC. The summed E-state index contributed by atoms with van der Waals surface area (Å²) in [4.78, 5) is 12.1. The first kappa shape index (κ1) is 16.1. The van der Waals surface area contributed by atoms with E-state index in [0.29, 0.717) is 18.1 Å². The predicted molar refractivity (Wildman–Crippen MR) is 78.5 cm³/mol. The highest BCUT2D eigenvalue weighted by atomic mass is 16.5. The summed E-state index contributed by atoms with van der Waals surface area (Å²) in [5.74, 6) is 0.423. The van der Waals surface area contributed by atoms with Crippen molar-refractivity contribution in [1.29, 1.82) is 0 Å². The van der Waals surface area contributed by atoms with Gasteiger partial charge in [0.25, 0.3) is 0 Å². The van der Waals surface area contributed by atoms with E-state index in [0.717, 1.165) is 11.1 Å². The predicted octanol–water partition coefficient (Wildman–Crippen LogP) is 3.24. The molecule has 0 fully saturated rings. The highest BCUT2D eigenvalue weighted by Crippen LogP contribution is 2.39. The van der Waals surface area contributed by atoms with Crippen molar-refractivity contribution in [2.75, 3.05) is 20.8 Å². The van der Waals surface area contributed by atoms with Gasteiger partial charge in [0.05, 0.1) is 20.8 Å². The average molecular weight is 278 g/mol. The van der Waals surface area contributed by atoms with E-state index in [9.17, 15) is 4.79 Å². The zero-order valence-electron chi connectivity index (χ0n) is 12.7. The summed E-state index contributed by atoms with van der Waals surface area (Å²) in [7, 11) is 3.16. The van der Waals surface area contributed by atoms with Crippen LogP contribution in [0.25, 0.3) is 0 Å². The maximum absolute atomic E-state index is 12.1. The molecule has 4 heteroatoms. The van der Waals surface area contributed by atoms with Gasteiger partial charge < -0.3 is 14.2 Å². The van der Waals surface area contributed by atoms with Gasteiger partial charge >= 0.3 is 5.97 Å². The topological polar surface area (TPSA) is 44.8 Å². The van der Waals surface area contributed by atoms with Crippen LogP contribution in [-0.2, 0) is 9.53 Å². The monoisotopic (exact) mass is 278 g/mol. The molecule has 0 N–H and O–H groups in total. The Bertz CT molecular complexity index is 491. The third-order valence-electron chi connectivity index (χ3n) is 3.01. The van der Waals surface area contributed by atoms with Crippen LogP contribution in [0.2, 0.25) is 0 Å². The van der Waals surface area contributed by atoms with E-state index in [2.05, 4.69) is 0 Å². The Morgan fingerprint density at radius 1 is 1.25 bits per heavy atom. The van der Waals surface area contributed by atoms with E-state index >= 15 is 0 Å². The van der Waals surface area contributed by atoms with E-state index in [1.165, 1.54) is 0 Å². The summed E-state index contributed by atoms with van der Waals surface area (Å²) in [5, 5.41) is 0. The molecule has 0 unspecified atom stereocenters. The van der Waals surface area contributed by atoms with Crippen LogP contribution < -0.4 is 9.47 Å². The van der Waals surface area contributed by atoms with Crippen molar-refractivity contribution in [1.82, 2.24) is 0 Å². The van der Waals surface area contributed by atoms with Crippen molar-refractivity contribution in [2.45, 2.75) is 26.7 Å². The van der Waals surface area contributed by atoms with E-state index in [1.807, 2.05) is 32.1 Å². The molecule has 1 aromatic carbocycles. The Morgan fingerprint density at radius 3 is 2.40 bits per heavy atom. The number of methoxy groups -OCH3 is 2. The highest BCUT2D eigenvalue weighted by molar-refractivity contribution is 5.82. The minimum absolute atomic E-state index is 0.296. The summed E-state index contributed by atoms with van der Waals surface area (Å²) >= 11 is 0. The van der Waals surface area contributed by atoms with Crippen molar-refractivity contribution in [2.24, 2.45) is 0 Å². The lowest BCUT2D eigenvalue weighted by Gasteiger charge is -2.19. The molecular formula is C16H22O4. The van der Waals surface area contributed by atoms with Gasteiger partial charge in [-0.1, -0.05) is 24.3 Å². The number of aryl methyl sites for hydroxylation is 1. The summed E-state index contributed by atoms with van der Waals surface area (Å²) < 4.78 is 15.9. The van der Waals surface area contributed by atoms with Crippen LogP contribution in [-0.4, -0.2) is 26.8 Å². The number of carbonyl (C=O) groups is 1. The number of carbonyl (C=O) groups excluding carboxylic acids is 1. The normalized spacial score (nSPS) is 12.2. The summed E-state index contributed by atoms with van der Waals surface area (Å²) in [6.45, 7) is 5.93. The van der Waals surface area contributed by atoms with Crippen LogP contribution in [0.15, 0.2) is 24.3 Å². The lowest BCUT2D eigenvalue weighted by molar-refractivity contribution is -0.143. The first-order valence-corrected chi connectivity index (χ1v) is 6.61. The Morgan fingerprint density at radius 2 is 1.90 bits per heavy atom. The Kier molecular flexibility index (Phi) is 6.10. The van der Waals surface area contributed by atoms with Gasteiger partial charge in [0.2, 0.25) is 0 Å². The molecular weight excluding hydrogens is 256 g/mol. The second-order valence-corrected chi connectivity index (χ2v) is 4.29. The maximum Gasteiger partial charge on any atom is 0.317 e. The Balaban J connectivity index is 3.36. The molecule has 20 heavy (non-hydrogen) atoms. The molecule has 0 radical (unpaired) electrons. The van der Waals surface area contributed by atoms with E-state index in [4.69, 9.17) is 14.2 Å². The number of ether oxygens (including phenoxy) is 3. The van der Waals surface area contributed by atoms with Crippen molar-refractivity contribution in [3.63, 3.8) is 0 Å². The lowest BCUT2D eigenvalue weighted by atomic mass is 9.95. The second-order valence-electron chi connectivity index (χ2n) is 4.29. The number of allylic oxidation sites excluding steroid dienone is 1. The van der Waals surface area contributed by atoms with Gasteiger partial charge in [0.1, 0.15) is 5.92 Å². The molecule has 0 aliphatic heterocycles. The Hall–Kier alpha value is -1.97. The molecule has 0 aliphatic rings. The van der Waals surface area contributed by atoms with E-state index in [1.54, 1.807) is 27.2 Å².